The van der Waals surface area contributed by atoms with Crippen LogP contribution >= 0.6 is 0 Å². The Balaban J connectivity index is 0. The molecule has 0 nitrogen and oxygen atoms in total. The molecule has 0 saturated carbocycles. The van der Waals surface area contributed by atoms with Gasteiger partial charge in [0.2, 0.25) is 0 Å². The van der Waals surface area contributed by atoms with Crippen LogP contribution in [0.5, 0.6) is 0 Å². The van der Waals surface area contributed by atoms with E-state index in [1.54, 1.807) is 0 Å². The molecule has 0 fully saturated rings. The molecule has 0 aliphatic rings. The molecule has 0 saturated heterocycles. The molecule has 0 unspecified atom stereocenters. The minimum atomic E-state index is 0. The molecule has 0 aromatic rings. The van der Waals surface area contributed by atoms with Gasteiger partial charge in [0.05, 0.1) is 0 Å². The fourth-order valence-corrected chi connectivity index (χ4v) is 0. The SMILES string of the molecule is [Al].[Al].[Co+2].[Co+2].[Co+2]. The Labute approximate surface area is 84.1 Å². The van der Waals surface area contributed by atoms with Gasteiger partial charge < -0.3 is 0 Å². The van der Waals surface area contributed by atoms with Crippen LogP contribution in [0, 0.1) is 0 Å². The summed E-state index contributed by atoms with van der Waals surface area (Å²) in [6.07, 6.45) is 0. The second-order valence-corrected chi connectivity index (χ2v) is 0. The van der Waals surface area contributed by atoms with Crippen molar-refractivity contribution in [2.24, 2.45) is 0 Å². The Bertz CT molecular complexity index is 4.85. The molecule has 27 valence electrons. The Kier molecular flexibility index (Phi) is 303. The molecular formula is Al2Co3+6. The second-order valence-electron chi connectivity index (χ2n) is 0. The molecule has 0 aromatic carbocycles. The monoisotopic (exact) mass is 231 g/mol. The van der Waals surface area contributed by atoms with Crippen LogP contribution in [-0.2, 0) is 50.3 Å². The van der Waals surface area contributed by atoms with Gasteiger partial charge >= 0.3 is 50.3 Å². The standard InChI is InChI=1S/2Al.3Co/q;;3*+2. The van der Waals surface area contributed by atoms with E-state index in [9.17, 15) is 0 Å². The summed E-state index contributed by atoms with van der Waals surface area (Å²) in [7, 11) is 0. The van der Waals surface area contributed by atoms with E-state index in [-0.39, 0.29) is 85.1 Å². The fourth-order valence-electron chi connectivity index (χ4n) is 0. The fraction of sp³-hybridized carbons (Fsp3) is 0. The molecule has 0 amide bonds. The van der Waals surface area contributed by atoms with Gasteiger partial charge in [-0.3, -0.25) is 0 Å². The van der Waals surface area contributed by atoms with Crippen LogP contribution in [0.25, 0.3) is 0 Å². The molecule has 5 heavy (non-hydrogen) atoms. The first-order valence-electron chi connectivity index (χ1n) is 0. The van der Waals surface area contributed by atoms with Crippen LogP contribution in [0.4, 0.5) is 0 Å². The third-order valence-corrected chi connectivity index (χ3v) is 0. The summed E-state index contributed by atoms with van der Waals surface area (Å²) < 4.78 is 0. The van der Waals surface area contributed by atoms with E-state index >= 15 is 0 Å². The molecule has 0 aliphatic carbocycles. The summed E-state index contributed by atoms with van der Waals surface area (Å²) in [6.45, 7) is 0. The van der Waals surface area contributed by atoms with Gasteiger partial charge in [-0.25, -0.2) is 0 Å². The van der Waals surface area contributed by atoms with Crippen LogP contribution in [0.3, 0.4) is 0 Å². The summed E-state index contributed by atoms with van der Waals surface area (Å²) in [5.41, 5.74) is 0. The summed E-state index contributed by atoms with van der Waals surface area (Å²) in [5, 5.41) is 0. The molecule has 0 spiro atoms. The molecule has 0 aliphatic heterocycles. The van der Waals surface area contributed by atoms with Crippen molar-refractivity contribution in [3.05, 3.63) is 0 Å². The quantitative estimate of drug-likeness (QED) is 0.480. The average Bonchev–Trinajstić information content (AvgIpc) is 0. The van der Waals surface area contributed by atoms with E-state index in [4.69, 9.17) is 0 Å². The zero-order valence-electron chi connectivity index (χ0n) is 2.15. The van der Waals surface area contributed by atoms with E-state index < -0.39 is 0 Å². The van der Waals surface area contributed by atoms with Gasteiger partial charge in [0.1, 0.15) is 0 Å². The summed E-state index contributed by atoms with van der Waals surface area (Å²) in [4.78, 5) is 0. The first-order valence-corrected chi connectivity index (χ1v) is 0. The zero-order valence-corrected chi connectivity index (χ0v) is 7.59. The van der Waals surface area contributed by atoms with Crippen molar-refractivity contribution >= 4 is 34.7 Å². The Morgan fingerprint density at radius 3 is 0.400 bits per heavy atom. The first kappa shape index (κ1) is 49.2. The van der Waals surface area contributed by atoms with Crippen LogP contribution < -0.4 is 0 Å². The van der Waals surface area contributed by atoms with Crippen molar-refractivity contribution in [2.45, 2.75) is 0 Å². The number of rotatable bonds is 0. The van der Waals surface area contributed by atoms with Gasteiger partial charge in [-0.15, -0.1) is 0 Å². The third-order valence-electron chi connectivity index (χ3n) is 0. The largest absolute Gasteiger partial charge is 2.00 e. The molecule has 9 radical (unpaired) electrons. The van der Waals surface area contributed by atoms with Crippen molar-refractivity contribution < 1.29 is 50.3 Å². The maximum absolute atomic E-state index is 0. The van der Waals surface area contributed by atoms with Crippen molar-refractivity contribution in [1.82, 2.24) is 0 Å². The maximum Gasteiger partial charge on any atom is 2.00 e. The summed E-state index contributed by atoms with van der Waals surface area (Å²) in [6, 6.07) is 0. The van der Waals surface area contributed by atoms with Crippen molar-refractivity contribution in [1.29, 1.82) is 0 Å². The smallest absolute Gasteiger partial charge is 0 e. The maximum atomic E-state index is 0. The Hall–Kier alpha value is 2.58. The van der Waals surface area contributed by atoms with E-state index in [0.29, 0.717) is 0 Å². The summed E-state index contributed by atoms with van der Waals surface area (Å²) in [5.74, 6) is 0. The Morgan fingerprint density at radius 1 is 0.400 bits per heavy atom. The molecule has 0 aromatic heterocycles. The average molecular weight is 231 g/mol. The predicted molar refractivity (Wildman–Crippen MR) is 11.5 cm³/mol. The molecule has 5 heteroatoms. The van der Waals surface area contributed by atoms with E-state index in [2.05, 4.69) is 0 Å². The molecule has 0 bridgehead atoms. The normalized spacial score (nSPS) is 0. The predicted octanol–water partition coefficient (Wildman–Crippen LogP) is -0.769. The molecule has 0 N–H and O–H groups in total. The second kappa shape index (κ2) is 30.7. The van der Waals surface area contributed by atoms with Crippen LogP contribution in [0.1, 0.15) is 0 Å². The van der Waals surface area contributed by atoms with Gasteiger partial charge in [-0.05, 0) is 0 Å². The minimum absolute atomic E-state index is 0. The van der Waals surface area contributed by atoms with Gasteiger partial charge in [0.25, 0.3) is 0 Å². The van der Waals surface area contributed by atoms with Gasteiger partial charge in [-0.1, -0.05) is 0 Å². The minimum Gasteiger partial charge on any atom is 0 e. The van der Waals surface area contributed by atoms with Crippen molar-refractivity contribution in [3.63, 3.8) is 0 Å². The topological polar surface area (TPSA) is 0 Å². The first-order chi connectivity index (χ1) is 0. The van der Waals surface area contributed by atoms with E-state index in [1.165, 1.54) is 0 Å². The van der Waals surface area contributed by atoms with Crippen LogP contribution in [-0.4, -0.2) is 34.7 Å². The number of hydrogen-bond acceptors (Lipinski definition) is 0. The molecule has 0 atom stereocenters. The summed E-state index contributed by atoms with van der Waals surface area (Å²) >= 11 is 0. The van der Waals surface area contributed by atoms with Gasteiger partial charge in [0.15, 0.2) is 0 Å². The van der Waals surface area contributed by atoms with Gasteiger partial charge in [0, 0.05) is 34.7 Å². The molecular weight excluding hydrogens is 231 g/mol. The van der Waals surface area contributed by atoms with Crippen LogP contribution in [0.15, 0.2) is 0 Å². The zero-order chi connectivity index (χ0) is 0. The van der Waals surface area contributed by atoms with E-state index in [1.807, 2.05) is 0 Å². The Morgan fingerprint density at radius 2 is 0.400 bits per heavy atom. The van der Waals surface area contributed by atoms with Gasteiger partial charge in [-0.2, -0.15) is 0 Å². The third kappa shape index (κ3) is 20.7. The van der Waals surface area contributed by atoms with Crippen LogP contribution in [0.2, 0.25) is 0 Å². The molecule has 0 heterocycles. The molecule has 0 rings (SSSR count). The van der Waals surface area contributed by atoms with Crippen molar-refractivity contribution in [2.75, 3.05) is 0 Å². The van der Waals surface area contributed by atoms with Crippen molar-refractivity contribution in [3.8, 4) is 0 Å². The van der Waals surface area contributed by atoms with E-state index in [0.717, 1.165) is 0 Å². The number of hydrogen-bond donors (Lipinski definition) is 0.